The highest BCUT2D eigenvalue weighted by molar-refractivity contribution is 5.43. The van der Waals surface area contributed by atoms with Crippen LogP contribution in [-0.4, -0.2) is 30.7 Å². The van der Waals surface area contributed by atoms with Gasteiger partial charge in [-0.1, -0.05) is 6.07 Å². The van der Waals surface area contributed by atoms with Crippen LogP contribution in [0.5, 0.6) is 0 Å². The topological polar surface area (TPSA) is 51.4 Å². The molecule has 1 aromatic heterocycles. The van der Waals surface area contributed by atoms with E-state index in [-0.39, 0.29) is 6.04 Å². The lowest BCUT2D eigenvalue weighted by Crippen LogP contribution is -2.43. The average Bonchev–Trinajstić information content (AvgIpc) is 2.38. The highest BCUT2D eigenvalue weighted by Gasteiger charge is 2.19. The fourth-order valence-electron chi connectivity index (χ4n) is 2.62. The average molecular weight is 233 g/mol. The van der Waals surface area contributed by atoms with Gasteiger partial charge in [0.25, 0.3) is 0 Å². The standard InChI is InChI=1S/C13H19N3O/c14-11-2-1-6-16(8-11)13-4-3-10-5-7-17-9-12(10)15-13/h3-4,11H,1-2,5-9,14H2. The molecule has 4 heteroatoms. The molecular weight excluding hydrogens is 214 g/mol. The van der Waals surface area contributed by atoms with E-state index in [9.17, 15) is 0 Å². The summed E-state index contributed by atoms with van der Waals surface area (Å²) in [6.07, 6.45) is 3.28. The lowest BCUT2D eigenvalue weighted by Gasteiger charge is -2.32. The highest BCUT2D eigenvalue weighted by atomic mass is 16.5. The van der Waals surface area contributed by atoms with Crippen molar-refractivity contribution in [3.63, 3.8) is 0 Å². The first kappa shape index (κ1) is 11.0. The third-order valence-electron chi connectivity index (χ3n) is 3.59. The van der Waals surface area contributed by atoms with Crippen molar-refractivity contribution in [1.29, 1.82) is 0 Å². The molecular formula is C13H19N3O. The number of anilines is 1. The Morgan fingerprint density at radius 1 is 1.41 bits per heavy atom. The first-order valence-corrected chi connectivity index (χ1v) is 6.40. The monoisotopic (exact) mass is 233 g/mol. The molecule has 1 fully saturated rings. The van der Waals surface area contributed by atoms with Gasteiger partial charge in [0.15, 0.2) is 0 Å². The largest absolute Gasteiger partial charge is 0.375 e. The number of pyridine rings is 1. The van der Waals surface area contributed by atoms with Crippen LogP contribution in [0.3, 0.4) is 0 Å². The van der Waals surface area contributed by atoms with E-state index in [1.54, 1.807) is 0 Å². The summed E-state index contributed by atoms with van der Waals surface area (Å²) in [4.78, 5) is 7.01. The summed E-state index contributed by atoms with van der Waals surface area (Å²) in [7, 11) is 0. The maximum atomic E-state index is 6.01. The molecule has 92 valence electrons. The Labute approximate surface area is 102 Å². The summed E-state index contributed by atoms with van der Waals surface area (Å²) in [5, 5.41) is 0. The van der Waals surface area contributed by atoms with E-state index in [0.717, 1.165) is 50.5 Å². The molecule has 4 nitrogen and oxygen atoms in total. The van der Waals surface area contributed by atoms with E-state index >= 15 is 0 Å². The van der Waals surface area contributed by atoms with Gasteiger partial charge in [-0.25, -0.2) is 4.98 Å². The van der Waals surface area contributed by atoms with Gasteiger partial charge in [0, 0.05) is 19.1 Å². The van der Waals surface area contributed by atoms with Crippen molar-refractivity contribution >= 4 is 5.82 Å². The molecule has 3 rings (SSSR count). The smallest absolute Gasteiger partial charge is 0.128 e. The molecule has 1 unspecified atom stereocenters. The molecule has 0 aliphatic carbocycles. The van der Waals surface area contributed by atoms with E-state index in [2.05, 4.69) is 17.0 Å². The lowest BCUT2D eigenvalue weighted by atomic mass is 10.1. The van der Waals surface area contributed by atoms with Crippen LogP contribution in [0.1, 0.15) is 24.1 Å². The van der Waals surface area contributed by atoms with Crippen LogP contribution in [-0.2, 0) is 17.8 Å². The number of hydrogen-bond acceptors (Lipinski definition) is 4. The Kier molecular flexibility index (Phi) is 2.99. The van der Waals surface area contributed by atoms with E-state index in [1.807, 2.05) is 0 Å². The molecule has 1 saturated heterocycles. The molecule has 0 aromatic carbocycles. The zero-order chi connectivity index (χ0) is 11.7. The molecule has 2 aliphatic rings. The second-order valence-corrected chi connectivity index (χ2v) is 4.93. The summed E-state index contributed by atoms with van der Waals surface area (Å²) >= 11 is 0. The number of hydrogen-bond donors (Lipinski definition) is 1. The molecule has 2 aliphatic heterocycles. The molecule has 1 atom stereocenters. The van der Waals surface area contributed by atoms with Crippen LogP contribution in [0.4, 0.5) is 5.82 Å². The van der Waals surface area contributed by atoms with Crippen LogP contribution < -0.4 is 10.6 Å². The molecule has 1 aromatic rings. The van der Waals surface area contributed by atoms with E-state index < -0.39 is 0 Å². The first-order chi connectivity index (χ1) is 8.33. The van der Waals surface area contributed by atoms with Crippen molar-refractivity contribution in [2.45, 2.75) is 31.9 Å². The van der Waals surface area contributed by atoms with Crippen molar-refractivity contribution in [2.24, 2.45) is 5.73 Å². The Balaban J connectivity index is 1.83. The van der Waals surface area contributed by atoms with Crippen molar-refractivity contribution < 1.29 is 4.74 Å². The van der Waals surface area contributed by atoms with Crippen LogP contribution in [0, 0.1) is 0 Å². The number of ether oxygens (including phenoxy) is 1. The normalized spacial score (nSPS) is 24.5. The summed E-state index contributed by atoms with van der Waals surface area (Å²) in [5.41, 5.74) is 8.45. The van der Waals surface area contributed by atoms with Crippen molar-refractivity contribution in [3.8, 4) is 0 Å². The molecule has 2 N–H and O–H groups in total. The fourth-order valence-corrected chi connectivity index (χ4v) is 2.62. The van der Waals surface area contributed by atoms with Crippen molar-refractivity contribution in [3.05, 3.63) is 23.4 Å². The fraction of sp³-hybridized carbons (Fsp3) is 0.615. The van der Waals surface area contributed by atoms with Crippen LogP contribution >= 0.6 is 0 Å². The van der Waals surface area contributed by atoms with Gasteiger partial charge in [0.05, 0.1) is 18.9 Å². The minimum Gasteiger partial charge on any atom is -0.375 e. The maximum Gasteiger partial charge on any atom is 0.128 e. The number of aromatic nitrogens is 1. The Morgan fingerprint density at radius 2 is 2.35 bits per heavy atom. The van der Waals surface area contributed by atoms with Crippen LogP contribution in [0.25, 0.3) is 0 Å². The van der Waals surface area contributed by atoms with Gasteiger partial charge in [-0.05, 0) is 30.9 Å². The molecule has 0 bridgehead atoms. The van der Waals surface area contributed by atoms with Gasteiger partial charge < -0.3 is 15.4 Å². The first-order valence-electron chi connectivity index (χ1n) is 6.40. The Morgan fingerprint density at radius 3 is 3.24 bits per heavy atom. The quantitative estimate of drug-likeness (QED) is 0.788. The molecule has 0 spiro atoms. The second kappa shape index (κ2) is 4.63. The number of fused-ring (bicyclic) bond motifs is 1. The zero-order valence-corrected chi connectivity index (χ0v) is 10.1. The maximum absolute atomic E-state index is 6.01. The van der Waals surface area contributed by atoms with Gasteiger partial charge in [0.2, 0.25) is 0 Å². The van der Waals surface area contributed by atoms with Crippen molar-refractivity contribution in [1.82, 2.24) is 4.98 Å². The van der Waals surface area contributed by atoms with Gasteiger partial charge in [-0.15, -0.1) is 0 Å². The minimum absolute atomic E-state index is 0.290. The van der Waals surface area contributed by atoms with E-state index in [0.29, 0.717) is 6.61 Å². The second-order valence-electron chi connectivity index (χ2n) is 4.93. The Hall–Kier alpha value is -1.13. The number of rotatable bonds is 1. The molecule has 0 saturated carbocycles. The summed E-state index contributed by atoms with van der Waals surface area (Å²) in [5.74, 6) is 1.06. The van der Waals surface area contributed by atoms with Gasteiger partial charge in [0.1, 0.15) is 5.82 Å². The lowest BCUT2D eigenvalue weighted by molar-refractivity contribution is 0.107. The number of nitrogens with zero attached hydrogens (tertiary/aromatic N) is 2. The highest BCUT2D eigenvalue weighted by Crippen LogP contribution is 2.22. The molecule has 0 amide bonds. The van der Waals surface area contributed by atoms with Crippen LogP contribution in [0.2, 0.25) is 0 Å². The third-order valence-corrected chi connectivity index (χ3v) is 3.59. The predicted molar refractivity (Wildman–Crippen MR) is 67.0 cm³/mol. The van der Waals surface area contributed by atoms with Gasteiger partial charge in [-0.3, -0.25) is 0 Å². The Bertz CT molecular complexity index is 408. The number of piperidine rings is 1. The summed E-state index contributed by atoms with van der Waals surface area (Å²) < 4.78 is 5.45. The number of nitrogens with two attached hydrogens (primary N) is 1. The minimum atomic E-state index is 0.290. The van der Waals surface area contributed by atoms with Crippen LogP contribution in [0.15, 0.2) is 12.1 Å². The van der Waals surface area contributed by atoms with E-state index in [1.165, 1.54) is 5.56 Å². The van der Waals surface area contributed by atoms with Crippen molar-refractivity contribution in [2.75, 3.05) is 24.6 Å². The molecule has 17 heavy (non-hydrogen) atoms. The SMILES string of the molecule is NC1CCCN(c2ccc3c(n2)COCC3)C1. The third kappa shape index (κ3) is 2.28. The summed E-state index contributed by atoms with van der Waals surface area (Å²) in [6.45, 7) is 3.47. The summed E-state index contributed by atoms with van der Waals surface area (Å²) in [6, 6.07) is 4.61. The zero-order valence-electron chi connectivity index (χ0n) is 10.1. The van der Waals surface area contributed by atoms with Gasteiger partial charge in [-0.2, -0.15) is 0 Å². The molecule has 3 heterocycles. The molecule has 0 radical (unpaired) electrons. The van der Waals surface area contributed by atoms with Gasteiger partial charge >= 0.3 is 0 Å². The van der Waals surface area contributed by atoms with E-state index in [4.69, 9.17) is 15.5 Å². The predicted octanol–water partition coefficient (Wildman–Crippen LogP) is 1.08.